The summed E-state index contributed by atoms with van der Waals surface area (Å²) < 4.78 is 38.0. The lowest BCUT2D eigenvalue weighted by molar-refractivity contribution is -0.142. The zero-order chi connectivity index (χ0) is 19.9. The number of anilines is 1. The zero-order valence-electron chi connectivity index (χ0n) is 15.2. The molecule has 0 aromatic carbocycles. The van der Waals surface area contributed by atoms with E-state index in [0.29, 0.717) is 44.8 Å². The second-order valence-electron chi connectivity index (χ2n) is 7.41. The normalized spacial score (nSPS) is 26.1. The molecule has 2 fully saturated rings. The molecule has 0 unspecified atom stereocenters. The van der Waals surface area contributed by atoms with Crippen molar-refractivity contribution < 1.29 is 22.8 Å². The van der Waals surface area contributed by atoms with Crippen LogP contribution in [0.3, 0.4) is 0 Å². The number of fused-ring (bicyclic) bond motifs is 1. The number of hydrogen-bond acceptors (Lipinski definition) is 5. The van der Waals surface area contributed by atoms with Gasteiger partial charge in [0.2, 0.25) is 11.8 Å². The largest absolute Gasteiger partial charge is 0.417 e. The standard InChI is InChI=1S/C19H21F3N4O2/c20-19(21,22)13-5-6-16(23-11-13)25-9-7-24(8-10-25)12-26-17(27)14-3-1-2-4-15(14)18(26)28/h1-2,5-6,11,14-15H,3-4,7-10,12H2/t14-,15-/m1/s1. The van der Waals surface area contributed by atoms with Crippen molar-refractivity contribution in [2.45, 2.75) is 19.0 Å². The van der Waals surface area contributed by atoms with Crippen molar-refractivity contribution in [3.8, 4) is 0 Å². The molecule has 0 radical (unpaired) electrons. The summed E-state index contributed by atoms with van der Waals surface area (Å²) in [5.41, 5.74) is -0.767. The maximum atomic E-state index is 12.7. The molecule has 1 aliphatic carbocycles. The minimum absolute atomic E-state index is 0.0915. The Bertz CT molecular complexity index is 759. The van der Waals surface area contributed by atoms with Crippen molar-refractivity contribution >= 4 is 17.6 Å². The highest BCUT2D eigenvalue weighted by atomic mass is 19.4. The van der Waals surface area contributed by atoms with Crippen LogP contribution in [-0.4, -0.2) is 59.4 Å². The van der Waals surface area contributed by atoms with E-state index in [-0.39, 0.29) is 30.3 Å². The summed E-state index contributed by atoms with van der Waals surface area (Å²) in [7, 11) is 0. The lowest BCUT2D eigenvalue weighted by Crippen LogP contribution is -2.51. The first-order valence-electron chi connectivity index (χ1n) is 9.35. The van der Waals surface area contributed by atoms with Gasteiger partial charge in [-0.3, -0.25) is 19.4 Å². The number of halogens is 3. The molecule has 2 atom stereocenters. The van der Waals surface area contributed by atoms with Crippen LogP contribution in [0.5, 0.6) is 0 Å². The average molecular weight is 394 g/mol. The summed E-state index contributed by atoms with van der Waals surface area (Å²) in [5.74, 6) is -0.138. The van der Waals surface area contributed by atoms with Crippen LogP contribution in [0.1, 0.15) is 18.4 Å². The van der Waals surface area contributed by atoms with E-state index in [1.807, 2.05) is 22.0 Å². The number of rotatable bonds is 3. The van der Waals surface area contributed by atoms with Gasteiger partial charge in [-0.1, -0.05) is 12.2 Å². The Kier molecular flexibility index (Phi) is 4.86. The van der Waals surface area contributed by atoms with Crippen LogP contribution in [0.25, 0.3) is 0 Å². The van der Waals surface area contributed by atoms with Crippen LogP contribution in [0.4, 0.5) is 19.0 Å². The Morgan fingerprint density at radius 2 is 1.57 bits per heavy atom. The SMILES string of the molecule is O=C1[C@@H]2CC=CC[C@H]2C(=O)N1CN1CCN(c2ccc(C(F)(F)F)cn2)CC1. The Labute approximate surface area is 160 Å². The number of hydrogen-bond donors (Lipinski definition) is 0. The average Bonchev–Trinajstić information content (AvgIpc) is 2.93. The third kappa shape index (κ3) is 3.50. The molecule has 28 heavy (non-hydrogen) atoms. The fraction of sp³-hybridized carbons (Fsp3) is 0.526. The van der Waals surface area contributed by atoms with Crippen LogP contribution in [-0.2, 0) is 15.8 Å². The summed E-state index contributed by atoms with van der Waals surface area (Å²) in [6.07, 6.45) is 1.63. The Balaban J connectivity index is 1.33. The number of carbonyl (C=O) groups is 2. The van der Waals surface area contributed by atoms with Crippen molar-refractivity contribution in [1.29, 1.82) is 0 Å². The predicted molar refractivity (Wildman–Crippen MR) is 95.1 cm³/mol. The molecule has 150 valence electrons. The molecule has 0 spiro atoms. The molecule has 0 N–H and O–H groups in total. The smallest absolute Gasteiger partial charge is 0.354 e. The number of imide groups is 1. The molecule has 1 aromatic heterocycles. The second-order valence-corrected chi connectivity index (χ2v) is 7.41. The maximum Gasteiger partial charge on any atom is 0.417 e. The van der Waals surface area contributed by atoms with E-state index < -0.39 is 11.7 Å². The Morgan fingerprint density at radius 3 is 2.07 bits per heavy atom. The molecule has 4 rings (SSSR count). The van der Waals surface area contributed by atoms with Crippen molar-refractivity contribution in [2.75, 3.05) is 37.7 Å². The third-order valence-electron chi connectivity index (χ3n) is 5.71. The molecular weight excluding hydrogens is 373 g/mol. The van der Waals surface area contributed by atoms with E-state index in [9.17, 15) is 22.8 Å². The van der Waals surface area contributed by atoms with Gasteiger partial charge in [0, 0.05) is 32.4 Å². The molecule has 0 saturated carbocycles. The summed E-state index contributed by atoms with van der Waals surface area (Å²) in [4.78, 5) is 34.4. The summed E-state index contributed by atoms with van der Waals surface area (Å²) in [5, 5.41) is 0. The van der Waals surface area contributed by atoms with E-state index >= 15 is 0 Å². The highest BCUT2D eigenvalue weighted by molar-refractivity contribution is 6.05. The van der Waals surface area contributed by atoms with Crippen molar-refractivity contribution in [3.63, 3.8) is 0 Å². The number of carbonyl (C=O) groups excluding carboxylic acids is 2. The number of likely N-dealkylation sites (tertiary alicyclic amines) is 1. The van der Waals surface area contributed by atoms with E-state index in [1.165, 1.54) is 11.0 Å². The predicted octanol–water partition coefficient (Wildman–Crippen LogP) is 2.13. The fourth-order valence-electron chi connectivity index (χ4n) is 4.07. The maximum absolute atomic E-state index is 12.7. The minimum Gasteiger partial charge on any atom is -0.354 e. The topological polar surface area (TPSA) is 56.8 Å². The number of pyridine rings is 1. The van der Waals surface area contributed by atoms with Gasteiger partial charge in [0.15, 0.2) is 0 Å². The third-order valence-corrected chi connectivity index (χ3v) is 5.71. The molecule has 2 amide bonds. The van der Waals surface area contributed by atoms with Crippen molar-refractivity contribution in [1.82, 2.24) is 14.8 Å². The quantitative estimate of drug-likeness (QED) is 0.581. The number of amides is 2. The number of allylic oxidation sites excluding steroid dienone is 2. The van der Waals surface area contributed by atoms with E-state index in [2.05, 4.69) is 4.98 Å². The number of nitrogens with zero attached hydrogens (tertiary/aromatic N) is 4. The summed E-state index contributed by atoms with van der Waals surface area (Å²) in [6.45, 7) is 2.63. The molecular formula is C19H21F3N4O2. The van der Waals surface area contributed by atoms with Gasteiger partial charge in [-0.25, -0.2) is 4.98 Å². The molecule has 3 aliphatic rings. The first-order chi connectivity index (χ1) is 13.3. The number of aromatic nitrogens is 1. The van der Waals surface area contributed by atoms with Gasteiger partial charge < -0.3 is 4.90 Å². The summed E-state index contributed by atoms with van der Waals surface area (Å²) >= 11 is 0. The highest BCUT2D eigenvalue weighted by Gasteiger charge is 2.47. The molecule has 2 saturated heterocycles. The molecule has 1 aromatic rings. The highest BCUT2D eigenvalue weighted by Crippen LogP contribution is 2.35. The van der Waals surface area contributed by atoms with Crippen LogP contribution < -0.4 is 4.90 Å². The van der Waals surface area contributed by atoms with Gasteiger partial charge in [0.1, 0.15) is 5.82 Å². The lowest BCUT2D eigenvalue weighted by Gasteiger charge is -2.36. The molecule has 9 heteroatoms. The first-order valence-corrected chi connectivity index (χ1v) is 9.35. The molecule has 2 aliphatic heterocycles. The molecule has 0 bridgehead atoms. The van der Waals surface area contributed by atoms with E-state index in [4.69, 9.17) is 0 Å². The van der Waals surface area contributed by atoms with Crippen molar-refractivity contribution in [3.05, 3.63) is 36.0 Å². The van der Waals surface area contributed by atoms with Crippen LogP contribution >= 0.6 is 0 Å². The van der Waals surface area contributed by atoms with Gasteiger partial charge in [-0.05, 0) is 25.0 Å². The first kappa shape index (κ1) is 18.9. The molecule has 3 heterocycles. The molecule has 6 nitrogen and oxygen atoms in total. The van der Waals surface area contributed by atoms with Crippen LogP contribution in [0, 0.1) is 11.8 Å². The zero-order valence-corrected chi connectivity index (χ0v) is 15.2. The van der Waals surface area contributed by atoms with Gasteiger partial charge in [0.25, 0.3) is 0 Å². The Morgan fingerprint density at radius 1 is 0.964 bits per heavy atom. The van der Waals surface area contributed by atoms with E-state index in [0.717, 1.165) is 12.3 Å². The van der Waals surface area contributed by atoms with Gasteiger partial charge in [-0.2, -0.15) is 13.2 Å². The Hall–Kier alpha value is -2.42. The van der Waals surface area contributed by atoms with Gasteiger partial charge >= 0.3 is 6.18 Å². The van der Waals surface area contributed by atoms with Crippen molar-refractivity contribution in [2.24, 2.45) is 11.8 Å². The number of alkyl halides is 3. The number of piperazine rings is 1. The second kappa shape index (κ2) is 7.20. The van der Waals surface area contributed by atoms with Gasteiger partial charge in [-0.15, -0.1) is 0 Å². The monoisotopic (exact) mass is 394 g/mol. The van der Waals surface area contributed by atoms with Gasteiger partial charge in [0.05, 0.1) is 24.1 Å². The van der Waals surface area contributed by atoms with Crippen LogP contribution in [0.15, 0.2) is 30.5 Å². The van der Waals surface area contributed by atoms with Crippen LogP contribution in [0.2, 0.25) is 0 Å². The summed E-state index contributed by atoms with van der Waals surface area (Å²) in [6, 6.07) is 2.41. The minimum atomic E-state index is -4.40. The van der Waals surface area contributed by atoms with E-state index in [1.54, 1.807) is 0 Å². The lowest BCUT2D eigenvalue weighted by atomic mass is 9.85. The fourth-order valence-corrected chi connectivity index (χ4v) is 4.07.